The molecule has 162 valence electrons. The van der Waals surface area contributed by atoms with Crippen LogP contribution in [0, 0.1) is 0 Å². The number of pyridine rings is 1. The lowest BCUT2D eigenvalue weighted by atomic mass is 10.1. The molecular formula is C19H16F3N5O4. The van der Waals surface area contributed by atoms with Gasteiger partial charge in [0.25, 0.3) is 11.5 Å². The molecule has 0 radical (unpaired) electrons. The van der Waals surface area contributed by atoms with Crippen LogP contribution in [0.3, 0.4) is 0 Å². The summed E-state index contributed by atoms with van der Waals surface area (Å²) in [6, 6.07) is 9.47. The fourth-order valence-corrected chi connectivity index (χ4v) is 2.65. The van der Waals surface area contributed by atoms with Crippen molar-refractivity contribution < 1.29 is 22.7 Å². The summed E-state index contributed by atoms with van der Waals surface area (Å²) in [4.78, 5) is 43.1. The van der Waals surface area contributed by atoms with Crippen molar-refractivity contribution in [3.05, 3.63) is 86.5 Å². The predicted molar refractivity (Wildman–Crippen MR) is 103 cm³/mol. The van der Waals surface area contributed by atoms with Crippen LogP contribution in [0.15, 0.2) is 58.3 Å². The van der Waals surface area contributed by atoms with Crippen molar-refractivity contribution in [2.45, 2.75) is 19.5 Å². The molecule has 2 aromatic heterocycles. The number of carbonyl (C=O) groups excluding carboxylic acids is 1. The molecule has 31 heavy (non-hydrogen) atoms. The lowest BCUT2D eigenvalue weighted by Gasteiger charge is -2.14. The number of hydrogen-bond donors (Lipinski definition) is 3. The maximum atomic E-state index is 12.6. The Labute approximate surface area is 172 Å². The first kappa shape index (κ1) is 21.6. The van der Waals surface area contributed by atoms with E-state index in [1.807, 2.05) is 0 Å². The Morgan fingerprint density at radius 1 is 1.19 bits per heavy atom. The second-order valence-corrected chi connectivity index (χ2v) is 6.33. The first-order valence-corrected chi connectivity index (χ1v) is 8.79. The number of hydrogen-bond acceptors (Lipinski definition) is 6. The topological polar surface area (TPSA) is 132 Å². The summed E-state index contributed by atoms with van der Waals surface area (Å²) < 4.78 is 42.5. The molecule has 3 aromatic rings. The van der Waals surface area contributed by atoms with E-state index in [9.17, 15) is 27.6 Å². The van der Waals surface area contributed by atoms with Crippen molar-refractivity contribution in [1.29, 1.82) is 0 Å². The molecule has 0 saturated carbocycles. The number of aromatic nitrogens is 3. The molecule has 0 unspecified atom stereocenters. The molecule has 1 amide bonds. The number of nitrogens with zero attached hydrogens (tertiary/aromatic N) is 2. The van der Waals surface area contributed by atoms with E-state index in [0.717, 1.165) is 16.7 Å². The lowest BCUT2D eigenvalue weighted by Crippen LogP contribution is -2.38. The van der Waals surface area contributed by atoms with Crippen molar-refractivity contribution in [2.24, 2.45) is 0 Å². The maximum absolute atomic E-state index is 12.6. The van der Waals surface area contributed by atoms with E-state index < -0.39 is 29.3 Å². The van der Waals surface area contributed by atoms with Gasteiger partial charge in [0, 0.05) is 36.1 Å². The zero-order valence-corrected chi connectivity index (χ0v) is 15.8. The van der Waals surface area contributed by atoms with E-state index in [2.05, 4.69) is 20.0 Å². The third-order valence-electron chi connectivity index (χ3n) is 4.07. The number of halogens is 3. The smallest absolute Gasteiger partial charge is 0.405 e. The van der Waals surface area contributed by atoms with Gasteiger partial charge >= 0.3 is 12.1 Å². The van der Waals surface area contributed by atoms with Gasteiger partial charge in [-0.15, -0.1) is 13.2 Å². The quantitative estimate of drug-likeness (QED) is 0.502. The van der Waals surface area contributed by atoms with E-state index in [0.29, 0.717) is 5.69 Å². The maximum Gasteiger partial charge on any atom is 0.573 e. The third-order valence-corrected chi connectivity index (χ3v) is 4.07. The number of nitrogens with one attached hydrogen (secondary N) is 2. The average molecular weight is 435 g/mol. The summed E-state index contributed by atoms with van der Waals surface area (Å²) in [5.41, 5.74) is 4.05. The minimum absolute atomic E-state index is 0.00860. The van der Waals surface area contributed by atoms with Crippen molar-refractivity contribution in [1.82, 2.24) is 19.9 Å². The van der Waals surface area contributed by atoms with Gasteiger partial charge in [0.15, 0.2) is 0 Å². The largest absolute Gasteiger partial charge is 0.573 e. The van der Waals surface area contributed by atoms with Gasteiger partial charge in [0.05, 0.1) is 12.2 Å². The Bertz CT molecular complexity index is 1170. The molecule has 0 atom stereocenters. The van der Waals surface area contributed by atoms with Crippen LogP contribution in [-0.4, -0.2) is 26.8 Å². The molecule has 0 saturated heterocycles. The first-order valence-electron chi connectivity index (χ1n) is 8.79. The number of anilines is 1. The van der Waals surface area contributed by atoms with Gasteiger partial charge in [-0.1, -0.05) is 12.1 Å². The normalized spacial score (nSPS) is 11.2. The highest BCUT2D eigenvalue weighted by molar-refractivity contribution is 5.92. The monoisotopic (exact) mass is 435 g/mol. The summed E-state index contributed by atoms with van der Waals surface area (Å²) in [5.74, 6) is -1.44. The van der Waals surface area contributed by atoms with E-state index in [1.54, 1.807) is 18.2 Å². The summed E-state index contributed by atoms with van der Waals surface area (Å²) in [6.45, 7) is -0.468. The molecule has 0 aliphatic rings. The van der Waals surface area contributed by atoms with E-state index >= 15 is 0 Å². The molecule has 4 N–H and O–H groups in total. The fourth-order valence-electron chi connectivity index (χ4n) is 2.65. The number of nitrogens with two attached hydrogens (primary N) is 1. The molecule has 2 heterocycles. The zero-order chi connectivity index (χ0) is 22.6. The SMILES string of the molecule is Nc1ccc(CNC(=O)c2cc(=O)n(Cc3ccccn3)c(=O)[nH]2)c(OC(F)(F)F)c1. The van der Waals surface area contributed by atoms with Gasteiger partial charge in [-0.3, -0.25) is 19.1 Å². The average Bonchev–Trinajstić information content (AvgIpc) is 2.69. The van der Waals surface area contributed by atoms with Crippen LogP contribution in [-0.2, 0) is 13.1 Å². The highest BCUT2D eigenvalue weighted by atomic mass is 19.4. The molecule has 12 heteroatoms. The molecule has 9 nitrogen and oxygen atoms in total. The highest BCUT2D eigenvalue weighted by Gasteiger charge is 2.32. The standard InChI is InChI=1S/C19H16F3N5O4/c20-19(21,22)31-15-7-12(23)5-4-11(15)9-25-17(29)14-8-16(28)27(18(30)26-14)10-13-3-1-2-6-24-13/h1-8H,9-10,23H2,(H,25,29)(H,26,30). The number of nitrogen functional groups attached to an aromatic ring is 1. The van der Waals surface area contributed by atoms with Gasteiger partial charge in [0.2, 0.25) is 0 Å². The summed E-state index contributed by atoms with van der Waals surface area (Å²) >= 11 is 0. The van der Waals surface area contributed by atoms with Crippen LogP contribution < -0.4 is 27.0 Å². The number of aromatic amines is 1. The molecule has 1 aromatic carbocycles. The predicted octanol–water partition coefficient (Wildman–Crippen LogP) is 1.39. The first-order chi connectivity index (χ1) is 14.6. The minimum Gasteiger partial charge on any atom is -0.405 e. The Morgan fingerprint density at radius 3 is 2.61 bits per heavy atom. The summed E-state index contributed by atoms with van der Waals surface area (Å²) in [6.07, 6.45) is -3.44. The number of H-pyrrole nitrogens is 1. The molecule has 0 aliphatic heterocycles. The molecule has 0 fully saturated rings. The third kappa shape index (κ3) is 5.72. The Morgan fingerprint density at radius 2 is 1.97 bits per heavy atom. The van der Waals surface area contributed by atoms with E-state index in [1.165, 1.54) is 18.3 Å². The molecule has 0 bridgehead atoms. The lowest BCUT2D eigenvalue weighted by molar-refractivity contribution is -0.274. The Hall–Kier alpha value is -4.09. The van der Waals surface area contributed by atoms with Crippen LogP contribution in [0.1, 0.15) is 21.7 Å². The number of rotatable bonds is 6. The second kappa shape index (κ2) is 8.73. The van der Waals surface area contributed by atoms with Crippen molar-refractivity contribution in [2.75, 3.05) is 5.73 Å². The molecule has 3 rings (SSSR count). The molecular weight excluding hydrogens is 419 g/mol. The number of amides is 1. The van der Waals surface area contributed by atoms with Crippen molar-refractivity contribution >= 4 is 11.6 Å². The zero-order valence-electron chi connectivity index (χ0n) is 15.8. The second-order valence-electron chi connectivity index (χ2n) is 6.33. The van der Waals surface area contributed by atoms with Crippen LogP contribution in [0.2, 0.25) is 0 Å². The fraction of sp³-hybridized carbons (Fsp3) is 0.158. The Balaban J connectivity index is 1.76. The summed E-state index contributed by atoms with van der Waals surface area (Å²) in [5, 5.41) is 2.33. The highest BCUT2D eigenvalue weighted by Crippen LogP contribution is 2.28. The Kier molecular flexibility index (Phi) is 6.09. The number of ether oxygens (including phenoxy) is 1. The van der Waals surface area contributed by atoms with Crippen LogP contribution in [0.5, 0.6) is 5.75 Å². The van der Waals surface area contributed by atoms with Gasteiger partial charge in [-0.2, -0.15) is 0 Å². The van der Waals surface area contributed by atoms with Crippen LogP contribution in [0.4, 0.5) is 18.9 Å². The van der Waals surface area contributed by atoms with Gasteiger partial charge in [0.1, 0.15) is 11.4 Å². The van der Waals surface area contributed by atoms with E-state index in [4.69, 9.17) is 5.73 Å². The molecule has 0 spiro atoms. The van der Waals surface area contributed by atoms with Crippen molar-refractivity contribution in [3.8, 4) is 5.75 Å². The van der Waals surface area contributed by atoms with Crippen LogP contribution >= 0.6 is 0 Å². The number of carbonyl (C=O) groups is 1. The molecule has 0 aliphatic carbocycles. The number of benzene rings is 1. The van der Waals surface area contributed by atoms with Gasteiger partial charge in [-0.25, -0.2) is 4.79 Å². The summed E-state index contributed by atoms with van der Waals surface area (Å²) in [7, 11) is 0. The minimum atomic E-state index is -4.95. The van der Waals surface area contributed by atoms with Crippen molar-refractivity contribution in [3.63, 3.8) is 0 Å². The van der Waals surface area contributed by atoms with Gasteiger partial charge in [-0.05, 0) is 18.2 Å². The van der Waals surface area contributed by atoms with E-state index in [-0.39, 0.29) is 30.0 Å². The van der Waals surface area contributed by atoms with Gasteiger partial charge < -0.3 is 20.8 Å². The number of alkyl halides is 3. The van der Waals surface area contributed by atoms with Crippen LogP contribution in [0.25, 0.3) is 0 Å².